The fourth-order valence-corrected chi connectivity index (χ4v) is 2.28. The predicted octanol–water partition coefficient (Wildman–Crippen LogP) is 2.64. The van der Waals surface area contributed by atoms with Crippen molar-refractivity contribution >= 4 is 23.5 Å². The highest BCUT2D eigenvalue weighted by Gasteiger charge is 2.12. The van der Waals surface area contributed by atoms with Crippen LogP contribution in [0.15, 0.2) is 12.1 Å². The van der Waals surface area contributed by atoms with Gasteiger partial charge in [0.15, 0.2) is 0 Å². The van der Waals surface area contributed by atoms with Crippen LogP contribution in [0.3, 0.4) is 0 Å². The van der Waals surface area contributed by atoms with Gasteiger partial charge in [0, 0.05) is 25.6 Å². The van der Waals surface area contributed by atoms with Gasteiger partial charge in [-0.2, -0.15) is 0 Å². The fraction of sp³-hybridized carbons (Fsp3) is 0.471. The number of anilines is 1. The minimum Gasteiger partial charge on any atom is -0.478 e. The molecule has 1 rings (SSSR count). The van der Waals surface area contributed by atoms with E-state index >= 15 is 0 Å². The molecule has 6 heteroatoms. The van der Waals surface area contributed by atoms with E-state index in [-0.39, 0.29) is 17.4 Å². The normalized spacial score (nSPS) is 10.2. The third-order valence-electron chi connectivity index (χ3n) is 3.53. The van der Waals surface area contributed by atoms with E-state index < -0.39 is 5.97 Å². The summed E-state index contributed by atoms with van der Waals surface area (Å²) in [4.78, 5) is 33.8. The Hall–Kier alpha value is -2.37. The molecule has 0 aromatic heterocycles. The van der Waals surface area contributed by atoms with Gasteiger partial charge in [0.05, 0.1) is 5.56 Å². The molecule has 0 unspecified atom stereocenters. The SMILES string of the molecule is CC(=O)NCCCCCC(=O)Nc1cc(C(=O)O)c(C)cc1C. The van der Waals surface area contributed by atoms with Crippen molar-refractivity contribution in [2.45, 2.75) is 46.5 Å². The molecular formula is C17H24N2O4. The highest BCUT2D eigenvalue weighted by Crippen LogP contribution is 2.21. The zero-order valence-electron chi connectivity index (χ0n) is 13.9. The second-order valence-corrected chi connectivity index (χ2v) is 5.63. The number of carbonyl (C=O) groups is 3. The summed E-state index contributed by atoms with van der Waals surface area (Å²) in [6.07, 6.45) is 2.78. The molecule has 0 saturated heterocycles. The van der Waals surface area contributed by atoms with Crippen molar-refractivity contribution in [1.29, 1.82) is 0 Å². The van der Waals surface area contributed by atoms with E-state index in [1.165, 1.54) is 13.0 Å². The van der Waals surface area contributed by atoms with Gasteiger partial charge in [0.1, 0.15) is 0 Å². The number of aromatic carboxylic acids is 1. The van der Waals surface area contributed by atoms with Gasteiger partial charge < -0.3 is 15.7 Å². The number of hydrogen-bond donors (Lipinski definition) is 3. The third kappa shape index (κ3) is 6.50. The van der Waals surface area contributed by atoms with E-state index in [2.05, 4.69) is 10.6 Å². The Morgan fingerprint density at radius 2 is 1.74 bits per heavy atom. The van der Waals surface area contributed by atoms with E-state index in [1.54, 1.807) is 13.0 Å². The van der Waals surface area contributed by atoms with Crippen LogP contribution in [0, 0.1) is 13.8 Å². The first kappa shape index (κ1) is 18.7. The van der Waals surface area contributed by atoms with Crippen LogP contribution >= 0.6 is 0 Å². The van der Waals surface area contributed by atoms with Crippen molar-refractivity contribution in [3.8, 4) is 0 Å². The number of aryl methyl sites for hydroxylation is 2. The molecule has 0 spiro atoms. The van der Waals surface area contributed by atoms with E-state index in [0.29, 0.717) is 24.2 Å². The summed E-state index contributed by atoms with van der Waals surface area (Å²) in [5.41, 5.74) is 2.25. The van der Waals surface area contributed by atoms with Crippen molar-refractivity contribution in [2.75, 3.05) is 11.9 Å². The molecule has 2 amide bonds. The molecule has 1 aromatic carbocycles. The smallest absolute Gasteiger partial charge is 0.336 e. The van der Waals surface area contributed by atoms with Crippen LogP contribution in [0.2, 0.25) is 0 Å². The molecule has 0 atom stereocenters. The Morgan fingerprint density at radius 3 is 2.35 bits per heavy atom. The van der Waals surface area contributed by atoms with Gasteiger partial charge in [-0.15, -0.1) is 0 Å². The third-order valence-corrected chi connectivity index (χ3v) is 3.53. The Bertz CT molecular complexity index is 597. The van der Waals surface area contributed by atoms with Crippen molar-refractivity contribution in [2.24, 2.45) is 0 Å². The summed E-state index contributed by atoms with van der Waals surface area (Å²) >= 11 is 0. The summed E-state index contributed by atoms with van der Waals surface area (Å²) in [6, 6.07) is 3.26. The number of unbranched alkanes of at least 4 members (excludes halogenated alkanes) is 2. The molecule has 126 valence electrons. The average Bonchev–Trinajstić information content (AvgIpc) is 2.44. The van der Waals surface area contributed by atoms with Crippen molar-refractivity contribution in [3.05, 3.63) is 28.8 Å². The molecule has 0 fully saturated rings. The summed E-state index contributed by atoms with van der Waals surface area (Å²) in [7, 11) is 0. The first-order chi connectivity index (χ1) is 10.8. The van der Waals surface area contributed by atoms with Crippen LogP contribution in [-0.4, -0.2) is 29.4 Å². The number of benzene rings is 1. The number of rotatable bonds is 8. The van der Waals surface area contributed by atoms with E-state index in [0.717, 1.165) is 24.8 Å². The number of amides is 2. The molecule has 23 heavy (non-hydrogen) atoms. The molecule has 3 N–H and O–H groups in total. The lowest BCUT2D eigenvalue weighted by Crippen LogP contribution is -2.20. The predicted molar refractivity (Wildman–Crippen MR) is 88.7 cm³/mol. The van der Waals surface area contributed by atoms with Gasteiger partial charge in [0.25, 0.3) is 0 Å². The molecular weight excluding hydrogens is 296 g/mol. The molecule has 0 aliphatic heterocycles. The fourth-order valence-electron chi connectivity index (χ4n) is 2.28. The molecule has 0 aliphatic carbocycles. The van der Waals surface area contributed by atoms with Crippen LogP contribution in [0.4, 0.5) is 5.69 Å². The maximum atomic E-state index is 11.9. The van der Waals surface area contributed by atoms with Crippen molar-refractivity contribution < 1.29 is 19.5 Å². The van der Waals surface area contributed by atoms with Crippen molar-refractivity contribution in [1.82, 2.24) is 5.32 Å². The first-order valence-corrected chi connectivity index (χ1v) is 7.70. The number of carboxylic acids is 1. The molecule has 0 saturated carbocycles. The quantitative estimate of drug-likeness (QED) is 0.642. The molecule has 1 aromatic rings. The Balaban J connectivity index is 2.47. The lowest BCUT2D eigenvalue weighted by Gasteiger charge is -2.11. The van der Waals surface area contributed by atoms with Gasteiger partial charge in [-0.05, 0) is 43.9 Å². The standard InChI is InChI=1S/C17H24N2O4/c1-11-9-12(2)15(10-14(11)17(22)23)19-16(21)7-5-4-6-8-18-13(3)20/h9-10H,4-8H2,1-3H3,(H,18,20)(H,19,21)(H,22,23). The van der Waals surface area contributed by atoms with E-state index in [9.17, 15) is 14.4 Å². The molecule has 0 heterocycles. The monoisotopic (exact) mass is 320 g/mol. The second-order valence-electron chi connectivity index (χ2n) is 5.63. The topological polar surface area (TPSA) is 95.5 Å². The molecule has 6 nitrogen and oxygen atoms in total. The highest BCUT2D eigenvalue weighted by molar-refractivity contribution is 5.95. The molecule has 0 radical (unpaired) electrons. The van der Waals surface area contributed by atoms with Crippen LogP contribution in [0.1, 0.15) is 54.1 Å². The summed E-state index contributed by atoms with van der Waals surface area (Å²) in [6.45, 7) is 5.66. The minimum atomic E-state index is -1.00. The molecule has 0 aliphatic rings. The van der Waals surface area contributed by atoms with E-state index in [1.807, 2.05) is 6.92 Å². The first-order valence-electron chi connectivity index (χ1n) is 7.70. The largest absolute Gasteiger partial charge is 0.478 e. The summed E-state index contributed by atoms with van der Waals surface area (Å²) in [5.74, 6) is -1.18. The maximum Gasteiger partial charge on any atom is 0.336 e. The summed E-state index contributed by atoms with van der Waals surface area (Å²) < 4.78 is 0. The average molecular weight is 320 g/mol. The number of nitrogens with one attached hydrogen (secondary N) is 2. The van der Waals surface area contributed by atoms with Crippen LogP contribution in [-0.2, 0) is 9.59 Å². The number of hydrogen-bond acceptors (Lipinski definition) is 3. The number of carboxylic acid groups (broad SMARTS) is 1. The van der Waals surface area contributed by atoms with Crippen LogP contribution < -0.4 is 10.6 Å². The minimum absolute atomic E-state index is 0.0492. The lowest BCUT2D eigenvalue weighted by molar-refractivity contribution is -0.119. The highest BCUT2D eigenvalue weighted by atomic mass is 16.4. The van der Waals surface area contributed by atoms with Crippen LogP contribution in [0.5, 0.6) is 0 Å². The second kappa shape index (κ2) is 8.92. The van der Waals surface area contributed by atoms with Gasteiger partial charge in [-0.1, -0.05) is 12.5 Å². The van der Waals surface area contributed by atoms with Gasteiger partial charge in [-0.25, -0.2) is 4.79 Å². The maximum absolute atomic E-state index is 11.9. The van der Waals surface area contributed by atoms with Gasteiger partial charge in [0.2, 0.25) is 11.8 Å². The van der Waals surface area contributed by atoms with Crippen molar-refractivity contribution in [3.63, 3.8) is 0 Å². The summed E-state index contributed by atoms with van der Waals surface area (Å²) in [5, 5.41) is 14.6. The zero-order valence-corrected chi connectivity index (χ0v) is 13.9. The molecule has 0 bridgehead atoms. The van der Waals surface area contributed by atoms with Gasteiger partial charge in [-0.3, -0.25) is 9.59 Å². The Morgan fingerprint density at radius 1 is 1.04 bits per heavy atom. The Kier molecular flexibility index (Phi) is 7.25. The van der Waals surface area contributed by atoms with Crippen LogP contribution in [0.25, 0.3) is 0 Å². The lowest BCUT2D eigenvalue weighted by atomic mass is 10.0. The number of carbonyl (C=O) groups excluding carboxylic acids is 2. The Labute approximate surface area is 136 Å². The zero-order chi connectivity index (χ0) is 17.4. The van der Waals surface area contributed by atoms with E-state index in [4.69, 9.17) is 5.11 Å². The van der Waals surface area contributed by atoms with Gasteiger partial charge >= 0.3 is 5.97 Å².